The number of hydrogen-bond acceptors (Lipinski definition) is 4. The summed E-state index contributed by atoms with van der Waals surface area (Å²) in [5.41, 5.74) is 8.14. The first-order valence-corrected chi connectivity index (χ1v) is 7.20. The first kappa shape index (κ1) is 14.7. The quantitative estimate of drug-likeness (QED) is 0.821. The Balaban J connectivity index is 2.28. The van der Waals surface area contributed by atoms with E-state index >= 15 is 0 Å². The summed E-state index contributed by atoms with van der Waals surface area (Å²) in [7, 11) is 0. The van der Waals surface area contributed by atoms with Crippen LogP contribution in [0.15, 0.2) is 18.2 Å². The largest absolute Gasteiger partial charge is 0.399 e. The lowest BCUT2D eigenvalue weighted by Crippen LogP contribution is -2.43. The van der Waals surface area contributed by atoms with Gasteiger partial charge in [0.1, 0.15) is 0 Å². The van der Waals surface area contributed by atoms with Crippen molar-refractivity contribution >= 4 is 17.3 Å². The van der Waals surface area contributed by atoms with Crippen molar-refractivity contribution in [2.45, 2.75) is 26.4 Å². The number of hydrogen-bond donors (Lipinski definition) is 2. The van der Waals surface area contributed by atoms with Crippen molar-refractivity contribution in [2.75, 3.05) is 36.9 Å². The van der Waals surface area contributed by atoms with Gasteiger partial charge in [0.15, 0.2) is 0 Å². The van der Waals surface area contributed by atoms with Gasteiger partial charge >= 0.3 is 0 Å². The second-order valence-corrected chi connectivity index (χ2v) is 4.98. The van der Waals surface area contributed by atoms with E-state index < -0.39 is 0 Å². The number of carbonyl (C=O) groups excluding carboxylic acids is 1. The molecule has 1 aliphatic heterocycles. The number of nitrogen functional groups attached to an aromatic ring is 1. The van der Waals surface area contributed by atoms with Crippen molar-refractivity contribution in [1.29, 1.82) is 0 Å². The van der Waals surface area contributed by atoms with Gasteiger partial charge in [-0.05, 0) is 31.5 Å². The molecule has 0 saturated carbocycles. The highest BCUT2D eigenvalue weighted by Gasteiger charge is 2.23. The number of ether oxygens (including phenoxy) is 1. The lowest BCUT2D eigenvalue weighted by atomic mass is 10.1. The molecule has 0 radical (unpaired) electrons. The van der Waals surface area contributed by atoms with Crippen molar-refractivity contribution < 1.29 is 9.53 Å². The number of anilines is 2. The van der Waals surface area contributed by atoms with Crippen LogP contribution in [0.25, 0.3) is 0 Å². The maximum absolute atomic E-state index is 12.2. The highest BCUT2D eigenvalue weighted by molar-refractivity contribution is 6.00. The summed E-state index contributed by atoms with van der Waals surface area (Å²) in [4.78, 5) is 14.4. The maximum Gasteiger partial charge on any atom is 0.253 e. The predicted octanol–water partition coefficient (Wildman–Crippen LogP) is 1.63. The van der Waals surface area contributed by atoms with Gasteiger partial charge in [-0.3, -0.25) is 4.79 Å². The van der Waals surface area contributed by atoms with Crippen LogP contribution in [0.3, 0.4) is 0 Å². The van der Waals surface area contributed by atoms with Crippen LogP contribution in [-0.2, 0) is 4.74 Å². The first-order valence-electron chi connectivity index (χ1n) is 7.20. The SMILES string of the molecule is CCNC(=O)c1ccc(N)cc1N1CCOC(CC)C1. The summed E-state index contributed by atoms with van der Waals surface area (Å²) in [5, 5.41) is 2.85. The van der Waals surface area contributed by atoms with E-state index in [1.165, 1.54) is 0 Å². The minimum Gasteiger partial charge on any atom is -0.399 e. The summed E-state index contributed by atoms with van der Waals surface area (Å²) >= 11 is 0. The van der Waals surface area contributed by atoms with Crippen LogP contribution in [0.2, 0.25) is 0 Å². The van der Waals surface area contributed by atoms with Gasteiger partial charge in [0.25, 0.3) is 5.91 Å². The van der Waals surface area contributed by atoms with Gasteiger partial charge in [0.2, 0.25) is 0 Å². The van der Waals surface area contributed by atoms with Gasteiger partial charge in [-0.1, -0.05) is 6.92 Å². The fourth-order valence-corrected chi connectivity index (χ4v) is 2.44. The molecule has 1 aromatic rings. The highest BCUT2D eigenvalue weighted by Crippen LogP contribution is 2.26. The van der Waals surface area contributed by atoms with Crippen LogP contribution in [-0.4, -0.2) is 38.3 Å². The molecule has 0 aliphatic carbocycles. The molecule has 3 N–H and O–H groups in total. The fraction of sp³-hybridized carbons (Fsp3) is 0.533. The molecule has 1 fully saturated rings. The third-order valence-corrected chi connectivity index (χ3v) is 3.54. The van der Waals surface area contributed by atoms with E-state index in [-0.39, 0.29) is 12.0 Å². The number of nitrogens with zero attached hydrogens (tertiary/aromatic N) is 1. The van der Waals surface area contributed by atoms with Gasteiger partial charge in [-0.2, -0.15) is 0 Å². The van der Waals surface area contributed by atoms with E-state index in [1.54, 1.807) is 12.1 Å². The number of morpholine rings is 1. The van der Waals surface area contributed by atoms with E-state index in [0.717, 1.165) is 25.2 Å². The zero-order chi connectivity index (χ0) is 14.5. The molecule has 2 rings (SSSR count). The lowest BCUT2D eigenvalue weighted by Gasteiger charge is -2.35. The Labute approximate surface area is 120 Å². The Bertz CT molecular complexity index is 476. The van der Waals surface area contributed by atoms with E-state index in [2.05, 4.69) is 17.1 Å². The standard InChI is InChI=1S/C15H23N3O2/c1-3-12-10-18(7-8-20-12)14-9-11(16)5-6-13(14)15(19)17-4-2/h5-6,9,12H,3-4,7-8,10,16H2,1-2H3,(H,17,19). The van der Waals surface area contributed by atoms with Crippen LogP contribution in [0.5, 0.6) is 0 Å². The van der Waals surface area contributed by atoms with Gasteiger partial charge in [-0.15, -0.1) is 0 Å². The van der Waals surface area contributed by atoms with E-state index in [9.17, 15) is 4.79 Å². The molecule has 110 valence electrons. The summed E-state index contributed by atoms with van der Waals surface area (Å²) in [5.74, 6) is -0.0537. The van der Waals surface area contributed by atoms with Gasteiger partial charge in [0, 0.05) is 25.3 Å². The maximum atomic E-state index is 12.2. The number of nitrogens with one attached hydrogen (secondary N) is 1. The third kappa shape index (κ3) is 3.22. The van der Waals surface area contributed by atoms with Gasteiger partial charge in [0.05, 0.1) is 24.0 Å². The van der Waals surface area contributed by atoms with Crippen molar-refractivity contribution in [3.63, 3.8) is 0 Å². The Morgan fingerprint density at radius 3 is 3.00 bits per heavy atom. The van der Waals surface area contributed by atoms with E-state index in [4.69, 9.17) is 10.5 Å². The number of rotatable bonds is 4. The molecular weight excluding hydrogens is 254 g/mol. The molecule has 1 amide bonds. The normalized spacial score (nSPS) is 18.9. The smallest absolute Gasteiger partial charge is 0.253 e. The van der Waals surface area contributed by atoms with Crippen molar-refractivity contribution in [1.82, 2.24) is 5.32 Å². The average Bonchev–Trinajstić information content (AvgIpc) is 2.47. The zero-order valence-electron chi connectivity index (χ0n) is 12.2. The predicted molar refractivity (Wildman–Crippen MR) is 81.1 cm³/mol. The van der Waals surface area contributed by atoms with Crippen LogP contribution >= 0.6 is 0 Å². The molecule has 1 saturated heterocycles. The van der Waals surface area contributed by atoms with E-state index in [0.29, 0.717) is 24.4 Å². The van der Waals surface area contributed by atoms with Crippen molar-refractivity contribution in [3.05, 3.63) is 23.8 Å². The molecule has 0 aromatic heterocycles. The zero-order valence-corrected chi connectivity index (χ0v) is 12.2. The van der Waals surface area contributed by atoms with Crippen LogP contribution in [0, 0.1) is 0 Å². The Hall–Kier alpha value is -1.75. The second-order valence-electron chi connectivity index (χ2n) is 4.98. The lowest BCUT2D eigenvalue weighted by molar-refractivity contribution is 0.0383. The fourth-order valence-electron chi connectivity index (χ4n) is 2.44. The Morgan fingerprint density at radius 1 is 1.50 bits per heavy atom. The number of carbonyl (C=O) groups is 1. The third-order valence-electron chi connectivity index (χ3n) is 3.54. The Morgan fingerprint density at radius 2 is 2.30 bits per heavy atom. The first-order chi connectivity index (χ1) is 9.65. The molecule has 1 unspecified atom stereocenters. The number of benzene rings is 1. The summed E-state index contributed by atoms with van der Waals surface area (Å²) < 4.78 is 5.68. The van der Waals surface area contributed by atoms with Crippen molar-refractivity contribution in [3.8, 4) is 0 Å². The van der Waals surface area contributed by atoms with Crippen LogP contribution in [0.1, 0.15) is 30.6 Å². The van der Waals surface area contributed by atoms with Crippen molar-refractivity contribution in [2.24, 2.45) is 0 Å². The molecule has 1 aromatic carbocycles. The molecule has 5 nitrogen and oxygen atoms in total. The highest BCUT2D eigenvalue weighted by atomic mass is 16.5. The minimum atomic E-state index is -0.0537. The number of amides is 1. The van der Waals surface area contributed by atoms with Crippen LogP contribution in [0.4, 0.5) is 11.4 Å². The summed E-state index contributed by atoms with van der Waals surface area (Å²) in [6, 6.07) is 5.44. The Kier molecular flexibility index (Phi) is 4.84. The van der Waals surface area contributed by atoms with Crippen LogP contribution < -0.4 is 16.0 Å². The molecule has 1 heterocycles. The van der Waals surface area contributed by atoms with Gasteiger partial charge in [-0.25, -0.2) is 0 Å². The molecule has 5 heteroatoms. The molecule has 0 bridgehead atoms. The minimum absolute atomic E-state index is 0.0537. The molecule has 0 spiro atoms. The monoisotopic (exact) mass is 277 g/mol. The summed E-state index contributed by atoms with van der Waals surface area (Å²) in [6.45, 7) is 6.90. The molecular formula is C15H23N3O2. The molecule has 20 heavy (non-hydrogen) atoms. The summed E-state index contributed by atoms with van der Waals surface area (Å²) in [6.07, 6.45) is 1.18. The molecule has 1 aliphatic rings. The average molecular weight is 277 g/mol. The van der Waals surface area contributed by atoms with Gasteiger partial charge < -0.3 is 20.7 Å². The molecule has 1 atom stereocenters. The number of nitrogens with two attached hydrogens (primary N) is 1. The van der Waals surface area contributed by atoms with E-state index in [1.807, 2.05) is 13.0 Å². The topological polar surface area (TPSA) is 67.6 Å². The second kappa shape index (κ2) is 6.61.